The maximum atomic E-state index is 11.8. The molecule has 5 nitrogen and oxygen atoms in total. The van der Waals surface area contributed by atoms with Crippen molar-refractivity contribution in [2.75, 3.05) is 11.4 Å². The fourth-order valence-electron chi connectivity index (χ4n) is 2.15. The van der Waals surface area contributed by atoms with Crippen molar-refractivity contribution in [3.63, 3.8) is 0 Å². The second kappa shape index (κ2) is 6.49. The molecule has 0 unspecified atom stereocenters. The molecule has 0 spiro atoms. The van der Waals surface area contributed by atoms with Gasteiger partial charge in [0.1, 0.15) is 0 Å². The van der Waals surface area contributed by atoms with E-state index in [1.165, 1.54) is 23.9 Å². The number of nitro groups is 1. The molecule has 0 radical (unpaired) electrons. The zero-order valence-corrected chi connectivity index (χ0v) is 12.7. The number of thiophene rings is 1. The molecule has 0 saturated carbocycles. The van der Waals surface area contributed by atoms with Gasteiger partial charge in [0.2, 0.25) is 0 Å². The SMILES string of the molecule is CCN(Cc1cccs1)c1ccc([N+](=O)[O-])cc1C(C)=O. The molecule has 0 aliphatic carbocycles. The molecule has 1 aromatic carbocycles. The average Bonchev–Trinajstić information content (AvgIpc) is 2.97. The molecule has 1 aromatic heterocycles. The zero-order chi connectivity index (χ0) is 15.4. The Morgan fingerprint density at radius 2 is 2.14 bits per heavy atom. The number of benzene rings is 1. The Morgan fingerprint density at radius 1 is 1.38 bits per heavy atom. The van der Waals surface area contributed by atoms with Crippen molar-refractivity contribution < 1.29 is 9.72 Å². The molecule has 0 aliphatic heterocycles. The average molecular weight is 304 g/mol. The Labute approximate surface area is 127 Å². The van der Waals surface area contributed by atoms with Gasteiger partial charge in [0, 0.05) is 34.8 Å². The van der Waals surface area contributed by atoms with E-state index < -0.39 is 4.92 Å². The Morgan fingerprint density at radius 3 is 2.67 bits per heavy atom. The van der Waals surface area contributed by atoms with Crippen LogP contribution in [0.3, 0.4) is 0 Å². The van der Waals surface area contributed by atoms with E-state index in [0.29, 0.717) is 12.1 Å². The van der Waals surface area contributed by atoms with Crippen LogP contribution in [0.15, 0.2) is 35.7 Å². The van der Waals surface area contributed by atoms with Gasteiger partial charge >= 0.3 is 0 Å². The van der Waals surface area contributed by atoms with E-state index >= 15 is 0 Å². The van der Waals surface area contributed by atoms with Gasteiger partial charge in [-0.3, -0.25) is 14.9 Å². The predicted molar refractivity (Wildman–Crippen MR) is 84.1 cm³/mol. The lowest BCUT2D eigenvalue weighted by molar-refractivity contribution is -0.384. The summed E-state index contributed by atoms with van der Waals surface area (Å²) in [6.07, 6.45) is 0. The van der Waals surface area contributed by atoms with Crippen molar-refractivity contribution in [3.05, 3.63) is 56.3 Å². The second-order valence-electron chi connectivity index (χ2n) is 4.61. The van der Waals surface area contributed by atoms with Crippen molar-refractivity contribution in [1.29, 1.82) is 0 Å². The van der Waals surface area contributed by atoms with E-state index in [9.17, 15) is 14.9 Å². The summed E-state index contributed by atoms with van der Waals surface area (Å²) in [6, 6.07) is 8.47. The molecule has 0 atom stereocenters. The normalized spacial score (nSPS) is 10.4. The van der Waals surface area contributed by atoms with Crippen LogP contribution in [0, 0.1) is 10.1 Å². The molecular weight excluding hydrogens is 288 g/mol. The third-order valence-corrected chi connectivity index (χ3v) is 4.08. The van der Waals surface area contributed by atoms with Crippen LogP contribution in [-0.2, 0) is 6.54 Å². The quantitative estimate of drug-likeness (QED) is 0.461. The first-order valence-electron chi connectivity index (χ1n) is 6.59. The van der Waals surface area contributed by atoms with Gasteiger partial charge in [-0.25, -0.2) is 0 Å². The van der Waals surface area contributed by atoms with Crippen molar-refractivity contribution >= 4 is 28.5 Å². The number of hydrogen-bond donors (Lipinski definition) is 0. The lowest BCUT2D eigenvalue weighted by Gasteiger charge is -2.24. The predicted octanol–water partition coefficient (Wildman–Crippen LogP) is 3.89. The van der Waals surface area contributed by atoms with Crippen LogP contribution in [-0.4, -0.2) is 17.3 Å². The number of rotatable bonds is 6. The van der Waals surface area contributed by atoms with Gasteiger partial charge in [0.05, 0.1) is 11.5 Å². The number of nitro benzene ring substituents is 1. The summed E-state index contributed by atoms with van der Waals surface area (Å²) in [5.74, 6) is -0.168. The monoisotopic (exact) mass is 304 g/mol. The third kappa shape index (κ3) is 3.46. The van der Waals surface area contributed by atoms with Crippen LogP contribution in [0.25, 0.3) is 0 Å². The molecule has 0 fully saturated rings. The van der Waals surface area contributed by atoms with Gasteiger partial charge in [-0.2, -0.15) is 0 Å². The summed E-state index contributed by atoms with van der Waals surface area (Å²) in [4.78, 5) is 25.4. The second-order valence-corrected chi connectivity index (χ2v) is 5.64. The number of ketones is 1. The minimum Gasteiger partial charge on any atom is -0.366 e. The lowest BCUT2D eigenvalue weighted by Crippen LogP contribution is -2.23. The first-order valence-corrected chi connectivity index (χ1v) is 7.47. The standard InChI is InChI=1S/C15H16N2O3S/c1-3-16(10-13-5-4-8-21-13)15-7-6-12(17(19)20)9-14(15)11(2)18/h4-9H,3,10H2,1-2H3. The van der Waals surface area contributed by atoms with E-state index in [1.54, 1.807) is 17.4 Å². The smallest absolute Gasteiger partial charge is 0.270 e. The van der Waals surface area contributed by atoms with Crippen molar-refractivity contribution in [1.82, 2.24) is 0 Å². The number of hydrogen-bond acceptors (Lipinski definition) is 5. The van der Waals surface area contributed by atoms with Gasteiger partial charge in [-0.05, 0) is 31.4 Å². The summed E-state index contributed by atoms with van der Waals surface area (Å²) in [5, 5.41) is 12.9. The summed E-state index contributed by atoms with van der Waals surface area (Å²) < 4.78 is 0. The van der Waals surface area contributed by atoms with E-state index in [4.69, 9.17) is 0 Å². The number of anilines is 1. The molecule has 2 rings (SSSR count). The van der Waals surface area contributed by atoms with Gasteiger partial charge in [0.25, 0.3) is 5.69 Å². The maximum absolute atomic E-state index is 11.8. The van der Waals surface area contributed by atoms with E-state index in [-0.39, 0.29) is 11.5 Å². The summed E-state index contributed by atoms with van der Waals surface area (Å²) in [5.41, 5.74) is 1.07. The highest BCUT2D eigenvalue weighted by Gasteiger charge is 2.18. The Bertz CT molecular complexity index is 653. The molecule has 110 valence electrons. The summed E-state index contributed by atoms with van der Waals surface area (Å²) in [6.45, 7) is 4.84. The van der Waals surface area contributed by atoms with E-state index in [2.05, 4.69) is 0 Å². The molecule has 1 heterocycles. The van der Waals surface area contributed by atoms with Crippen LogP contribution in [0.4, 0.5) is 11.4 Å². The Kier molecular flexibility index (Phi) is 4.70. The molecule has 0 bridgehead atoms. The number of carbonyl (C=O) groups is 1. The number of nitrogens with zero attached hydrogens (tertiary/aromatic N) is 2. The summed E-state index contributed by atoms with van der Waals surface area (Å²) in [7, 11) is 0. The van der Waals surface area contributed by atoms with Crippen LogP contribution in [0.2, 0.25) is 0 Å². The van der Waals surface area contributed by atoms with Gasteiger partial charge in [0.15, 0.2) is 5.78 Å². The molecular formula is C15H16N2O3S. The first kappa shape index (κ1) is 15.2. The van der Waals surface area contributed by atoms with E-state index in [1.807, 2.05) is 29.3 Å². The first-order chi connectivity index (χ1) is 10.0. The van der Waals surface area contributed by atoms with Crippen molar-refractivity contribution in [2.45, 2.75) is 20.4 Å². The molecule has 6 heteroatoms. The zero-order valence-electron chi connectivity index (χ0n) is 11.9. The topological polar surface area (TPSA) is 63.4 Å². The van der Waals surface area contributed by atoms with Crippen LogP contribution in [0.1, 0.15) is 29.1 Å². The van der Waals surface area contributed by atoms with Crippen LogP contribution < -0.4 is 4.90 Å². The fraction of sp³-hybridized carbons (Fsp3) is 0.267. The highest BCUT2D eigenvalue weighted by atomic mass is 32.1. The van der Waals surface area contributed by atoms with E-state index in [0.717, 1.165) is 12.2 Å². The highest BCUT2D eigenvalue weighted by molar-refractivity contribution is 7.09. The summed E-state index contributed by atoms with van der Waals surface area (Å²) >= 11 is 1.65. The Balaban J connectivity index is 2.40. The van der Waals surface area contributed by atoms with Crippen LogP contribution in [0.5, 0.6) is 0 Å². The van der Waals surface area contributed by atoms with Crippen molar-refractivity contribution in [2.24, 2.45) is 0 Å². The molecule has 0 N–H and O–H groups in total. The lowest BCUT2D eigenvalue weighted by atomic mass is 10.1. The van der Waals surface area contributed by atoms with Crippen molar-refractivity contribution in [3.8, 4) is 0 Å². The number of Topliss-reactive ketones (excluding diaryl/α,β-unsaturated/α-hetero) is 1. The maximum Gasteiger partial charge on any atom is 0.270 e. The molecule has 21 heavy (non-hydrogen) atoms. The molecule has 0 saturated heterocycles. The molecule has 0 amide bonds. The number of carbonyl (C=O) groups excluding carboxylic acids is 1. The third-order valence-electron chi connectivity index (χ3n) is 3.22. The van der Waals surface area contributed by atoms with Gasteiger partial charge in [-0.15, -0.1) is 11.3 Å². The Hall–Kier alpha value is -2.21. The minimum absolute atomic E-state index is 0.0591. The fourth-order valence-corrected chi connectivity index (χ4v) is 2.87. The largest absolute Gasteiger partial charge is 0.366 e. The minimum atomic E-state index is -0.480. The number of non-ortho nitro benzene ring substituents is 1. The van der Waals surface area contributed by atoms with Crippen LogP contribution >= 0.6 is 11.3 Å². The highest BCUT2D eigenvalue weighted by Crippen LogP contribution is 2.28. The molecule has 2 aromatic rings. The molecule has 0 aliphatic rings. The van der Waals surface area contributed by atoms with Gasteiger partial charge in [-0.1, -0.05) is 6.07 Å². The van der Waals surface area contributed by atoms with Gasteiger partial charge < -0.3 is 4.90 Å².